The molecule has 2 rings (SSSR count). The number of rotatable bonds is 4. The lowest BCUT2D eigenvalue weighted by Gasteiger charge is -2.20. The molecule has 0 radical (unpaired) electrons. The van der Waals surface area contributed by atoms with Gasteiger partial charge in [0.15, 0.2) is 0 Å². The van der Waals surface area contributed by atoms with Crippen molar-refractivity contribution in [2.45, 2.75) is 51.2 Å². The van der Waals surface area contributed by atoms with Gasteiger partial charge in [0.25, 0.3) is 5.91 Å². The van der Waals surface area contributed by atoms with E-state index in [0.717, 1.165) is 16.2 Å². The van der Waals surface area contributed by atoms with E-state index in [4.69, 9.17) is 5.11 Å². The second-order valence-electron chi connectivity index (χ2n) is 5.87. The maximum atomic E-state index is 12.3. The van der Waals surface area contributed by atoms with E-state index in [1.165, 1.54) is 0 Å². The molecule has 6 heteroatoms. The number of aryl methyl sites for hydroxylation is 1. The van der Waals surface area contributed by atoms with Gasteiger partial charge in [0.2, 0.25) is 0 Å². The predicted octanol–water partition coefficient (Wildman–Crippen LogP) is 3.28. The Hall–Kier alpha value is -1.53. The number of nitrogens with one attached hydrogen (secondary N) is 1. The molecule has 0 aromatic carbocycles. The van der Waals surface area contributed by atoms with Crippen molar-refractivity contribution in [2.24, 2.45) is 0 Å². The van der Waals surface area contributed by atoms with Gasteiger partial charge in [0, 0.05) is 34.3 Å². The number of pyridine rings is 1. The SMILES string of the molecule is CC.Cc1cnc2cc(C(=O)NCCO)c(SC(C)(C)C)cn12. The molecule has 0 aliphatic rings. The molecule has 2 heterocycles. The molecule has 1 amide bonds. The van der Waals surface area contributed by atoms with E-state index in [0.29, 0.717) is 5.56 Å². The maximum Gasteiger partial charge on any atom is 0.252 e. The van der Waals surface area contributed by atoms with Crippen LogP contribution in [0.4, 0.5) is 0 Å². The van der Waals surface area contributed by atoms with Crippen molar-refractivity contribution in [2.75, 3.05) is 13.2 Å². The highest BCUT2D eigenvalue weighted by Crippen LogP contribution is 2.34. The average Bonchev–Trinajstić information content (AvgIpc) is 2.85. The molecule has 0 atom stereocenters. The topological polar surface area (TPSA) is 66.6 Å². The summed E-state index contributed by atoms with van der Waals surface area (Å²) in [5.41, 5.74) is 2.38. The molecule has 2 N–H and O–H groups in total. The van der Waals surface area contributed by atoms with Crippen LogP contribution in [0.15, 0.2) is 23.4 Å². The second-order valence-corrected chi connectivity index (χ2v) is 7.74. The number of thioether (sulfide) groups is 1. The van der Waals surface area contributed by atoms with Crippen LogP contribution in [-0.2, 0) is 0 Å². The number of imidazole rings is 1. The van der Waals surface area contributed by atoms with Crippen LogP contribution < -0.4 is 5.32 Å². The first-order valence-electron chi connectivity index (χ1n) is 7.87. The Morgan fingerprint density at radius 2 is 2.04 bits per heavy atom. The smallest absolute Gasteiger partial charge is 0.252 e. The van der Waals surface area contributed by atoms with Crippen molar-refractivity contribution in [3.63, 3.8) is 0 Å². The molecule has 0 saturated carbocycles. The normalized spacial score (nSPS) is 11.1. The summed E-state index contributed by atoms with van der Waals surface area (Å²) in [6, 6.07) is 1.80. The summed E-state index contributed by atoms with van der Waals surface area (Å²) < 4.78 is 1.98. The Morgan fingerprint density at radius 3 is 2.61 bits per heavy atom. The van der Waals surface area contributed by atoms with Crippen molar-refractivity contribution >= 4 is 23.3 Å². The molecule has 128 valence electrons. The maximum absolute atomic E-state index is 12.3. The lowest BCUT2D eigenvalue weighted by Crippen LogP contribution is -2.27. The zero-order valence-electron chi connectivity index (χ0n) is 14.8. The van der Waals surface area contributed by atoms with E-state index in [1.54, 1.807) is 24.0 Å². The summed E-state index contributed by atoms with van der Waals surface area (Å²) in [6.07, 6.45) is 3.75. The Labute approximate surface area is 142 Å². The number of carbonyl (C=O) groups is 1. The van der Waals surface area contributed by atoms with Crippen molar-refractivity contribution in [3.8, 4) is 0 Å². The van der Waals surface area contributed by atoms with E-state index in [9.17, 15) is 4.79 Å². The molecule has 0 aliphatic carbocycles. The number of carbonyl (C=O) groups excluding carboxylic acids is 1. The van der Waals surface area contributed by atoms with Gasteiger partial charge in [0.1, 0.15) is 5.65 Å². The van der Waals surface area contributed by atoms with Gasteiger partial charge in [-0.2, -0.15) is 0 Å². The van der Waals surface area contributed by atoms with Crippen molar-refractivity contribution in [3.05, 3.63) is 29.7 Å². The summed E-state index contributed by atoms with van der Waals surface area (Å²) in [5.74, 6) is -0.182. The van der Waals surface area contributed by atoms with Crippen molar-refractivity contribution < 1.29 is 9.90 Å². The van der Waals surface area contributed by atoms with Crippen LogP contribution >= 0.6 is 11.8 Å². The van der Waals surface area contributed by atoms with E-state index in [1.807, 2.05) is 31.4 Å². The first kappa shape index (κ1) is 19.5. The average molecular weight is 337 g/mol. The minimum Gasteiger partial charge on any atom is -0.395 e. The molecule has 0 fully saturated rings. The fourth-order valence-electron chi connectivity index (χ4n) is 1.98. The van der Waals surface area contributed by atoms with Gasteiger partial charge in [-0.1, -0.05) is 34.6 Å². The molecule has 23 heavy (non-hydrogen) atoms. The number of nitrogens with zero attached hydrogens (tertiary/aromatic N) is 2. The van der Waals surface area contributed by atoms with Crippen molar-refractivity contribution in [1.82, 2.24) is 14.7 Å². The van der Waals surface area contributed by atoms with Crippen LogP contribution in [0, 0.1) is 6.92 Å². The molecule has 0 saturated heterocycles. The van der Waals surface area contributed by atoms with Crippen LogP contribution in [0.3, 0.4) is 0 Å². The third kappa shape index (κ3) is 5.25. The second kappa shape index (κ2) is 8.36. The summed E-state index contributed by atoms with van der Waals surface area (Å²) >= 11 is 1.64. The van der Waals surface area contributed by atoms with E-state index in [-0.39, 0.29) is 23.8 Å². The Balaban J connectivity index is 0.00000127. The van der Waals surface area contributed by atoms with Crippen LogP contribution in [-0.4, -0.2) is 38.3 Å². The summed E-state index contributed by atoms with van der Waals surface area (Å²) in [6.45, 7) is 12.5. The fourth-order valence-corrected chi connectivity index (χ4v) is 3.06. The number of aromatic nitrogens is 2. The number of hydrogen-bond acceptors (Lipinski definition) is 4. The number of aliphatic hydroxyl groups is 1. The largest absolute Gasteiger partial charge is 0.395 e. The minimum atomic E-state index is -0.182. The molecular weight excluding hydrogens is 310 g/mol. The van der Waals surface area contributed by atoms with Gasteiger partial charge in [-0.25, -0.2) is 4.98 Å². The molecule has 0 aliphatic heterocycles. The number of aliphatic hydroxyl groups excluding tert-OH is 1. The lowest BCUT2D eigenvalue weighted by atomic mass is 10.2. The highest BCUT2D eigenvalue weighted by molar-refractivity contribution is 8.00. The van der Waals surface area contributed by atoms with Crippen LogP contribution in [0.1, 0.15) is 50.7 Å². The Bertz CT molecular complexity index is 660. The van der Waals surface area contributed by atoms with Gasteiger partial charge >= 0.3 is 0 Å². The number of hydrogen-bond donors (Lipinski definition) is 2. The Morgan fingerprint density at radius 1 is 1.39 bits per heavy atom. The standard InChI is InChI=1S/C15H21N3O2S.C2H6/c1-10-8-17-13-7-11(14(20)16-5-6-19)12(9-18(10)13)21-15(2,3)4;1-2/h7-9,19H,5-6H2,1-4H3,(H,16,20);1-2H3. The molecule has 2 aromatic heterocycles. The first-order valence-corrected chi connectivity index (χ1v) is 8.69. The lowest BCUT2D eigenvalue weighted by molar-refractivity contribution is 0.0942. The number of amides is 1. The summed E-state index contributed by atoms with van der Waals surface area (Å²) in [4.78, 5) is 17.5. The van der Waals surface area contributed by atoms with Crippen molar-refractivity contribution in [1.29, 1.82) is 0 Å². The fraction of sp³-hybridized carbons (Fsp3) is 0.529. The van der Waals surface area contributed by atoms with Gasteiger partial charge < -0.3 is 14.8 Å². The van der Waals surface area contributed by atoms with Crippen LogP contribution in [0.25, 0.3) is 5.65 Å². The van der Waals surface area contributed by atoms with Gasteiger partial charge in [-0.15, -0.1) is 11.8 Å². The zero-order valence-corrected chi connectivity index (χ0v) is 15.6. The summed E-state index contributed by atoms with van der Waals surface area (Å²) in [7, 11) is 0. The van der Waals surface area contributed by atoms with E-state index >= 15 is 0 Å². The molecule has 0 spiro atoms. The third-order valence-corrected chi connectivity index (χ3v) is 4.01. The van der Waals surface area contributed by atoms with E-state index < -0.39 is 0 Å². The monoisotopic (exact) mass is 337 g/mol. The summed E-state index contributed by atoms with van der Waals surface area (Å²) in [5, 5.41) is 11.6. The Kier molecular flexibility index (Phi) is 7.09. The molecular formula is C17H27N3O2S. The molecule has 0 unspecified atom stereocenters. The van der Waals surface area contributed by atoms with Gasteiger partial charge in [-0.05, 0) is 13.0 Å². The molecule has 5 nitrogen and oxygen atoms in total. The molecule has 2 aromatic rings. The number of fused-ring (bicyclic) bond motifs is 1. The zero-order chi connectivity index (χ0) is 17.6. The first-order chi connectivity index (χ1) is 10.8. The highest BCUT2D eigenvalue weighted by atomic mass is 32.2. The predicted molar refractivity (Wildman–Crippen MR) is 96.3 cm³/mol. The highest BCUT2D eigenvalue weighted by Gasteiger charge is 2.20. The van der Waals surface area contributed by atoms with Gasteiger partial charge in [0.05, 0.1) is 12.2 Å². The van der Waals surface area contributed by atoms with Crippen LogP contribution in [0.5, 0.6) is 0 Å². The van der Waals surface area contributed by atoms with E-state index in [2.05, 4.69) is 31.1 Å². The molecule has 0 bridgehead atoms. The quantitative estimate of drug-likeness (QED) is 0.840. The minimum absolute atomic E-state index is 0.00578. The van der Waals surface area contributed by atoms with Crippen LogP contribution in [0.2, 0.25) is 0 Å². The third-order valence-electron chi connectivity index (χ3n) is 2.85. The van der Waals surface area contributed by atoms with Gasteiger partial charge in [-0.3, -0.25) is 4.79 Å².